The molecule has 1 N–H and O–H groups in total. The Bertz CT molecular complexity index is 194. The van der Waals surface area contributed by atoms with Crippen LogP contribution in [0.3, 0.4) is 0 Å². The van der Waals surface area contributed by atoms with Crippen molar-refractivity contribution in [2.24, 2.45) is 5.92 Å². The minimum absolute atomic E-state index is 0.837. The molecule has 1 heterocycles. The van der Waals surface area contributed by atoms with Crippen LogP contribution in [0.1, 0.15) is 38.5 Å². The lowest BCUT2D eigenvalue weighted by Crippen LogP contribution is -2.54. The normalized spacial score (nSPS) is 36.4. The van der Waals surface area contributed by atoms with E-state index in [2.05, 4.69) is 10.2 Å². The smallest absolute Gasteiger partial charge is 0.0223 e. The first-order valence-corrected chi connectivity index (χ1v) is 6.41. The summed E-state index contributed by atoms with van der Waals surface area (Å²) < 4.78 is 0. The number of rotatable bonds is 2. The summed E-state index contributed by atoms with van der Waals surface area (Å²) in [5.74, 6) is 1.03. The maximum absolute atomic E-state index is 3.69. The molecule has 0 aromatic rings. The molecule has 0 aromatic carbocycles. The van der Waals surface area contributed by atoms with Crippen molar-refractivity contribution in [3.05, 3.63) is 0 Å². The van der Waals surface area contributed by atoms with E-state index in [1.165, 1.54) is 58.2 Å². The summed E-state index contributed by atoms with van der Waals surface area (Å²) in [4.78, 5) is 2.77. The lowest BCUT2D eigenvalue weighted by atomic mass is 10.1. The Kier molecular flexibility index (Phi) is 2.50. The van der Waals surface area contributed by atoms with E-state index in [1.54, 1.807) is 0 Å². The molecule has 0 bridgehead atoms. The molecule has 1 aliphatic heterocycles. The molecule has 1 atom stereocenters. The molecule has 3 rings (SSSR count). The van der Waals surface area contributed by atoms with Crippen molar-refractivity contribution in [3.63, 3.8) is 0 Å². The molecule has 1 saturated heterocycles. The lowest BCUT2D eigenvalue weighted by molar-refractivity contribution is 0.137. The van der Waals surface area contributed by atoms with Gasteiger partial charge in [-0.25, -0.2) is 0 Å². The van der Waals surface area contributed by atoms with Crippen LogP contribution in [0.4, 0.5) is 0 Å². The first kappa shape index (κ1) is 9.17. The highest BCUT2D eigenvalue weighted by molar-refractivity contribution is 4.93. The van der Waals surface area contributed by atoms with Gasteiger partial charge in [0.25, 0.3) is 0 Å². The third-order valence-electron chi connectivity index (χ3n) is 4.27. The van der Waals surface area contributed by atoms with E-state index in [4.69, 9.17) is 0 Å². The maximum atomic E-state index is 3.69. The van der Waals surface area contributed by atoms with Crippen LogP contribution in [-0.2, 0) is 0 Å². The van der Waals surface area contributed by atoms with Gasteiger partial charge in [-0.2, -0.15) is 0 Å². The van der Waals surface area contributed by atoms with Gasteiger partial charge in [-0.3, -0.25) is 4.90 Å². The summed E-state index contributed by atoms with van der Waals surface area (Å²) in [6, 6.07) is 1.78. The van der Waals surface area contributed by atoms with Crippen LogP contribution in [0, 0.1) is 5.92 Å². The summed E-state index contributed by atoms with van der Waals surface area (Å²) in [5, 5.41) is 3.69. The van der Waals surface area contributed by atoms with Gasteiger partial charge in [0.1, 0.15) is 0 Å². The topological polar surface area (TPSA) is 15.3 Å². The summed E-state index contributed by atoms with van der Waals surface area (Å²) >= 11 is 0. The molecular formula is C12H22N2. The van der Waals surface area contributed by atoms with E-state index in [0.29, 0.717) is 0 Å². The second-order valence-corrected chi connectivity index (χ2v) is 5.33. The Morgan fingerprint density at radius 3 is 2.50 bits per heavy atom. The number of nitrogens with one attached hydrogen (secondary N) is 1. The van der Waals surface area contributed by atoms with Crippen LogP contribution < -0.4 is 5.32 Å². The van der Waals surface area contributed by atoms with Gasteiger partial charge < -0.3 is 5.32 Å². The van der Waals surface area contributed by atoms with Crippen LogP contribution in [-0.4, -0.2) is 36.6 Å². The van der Waals surface area contributed by atoms with E-state index in [-0.39, 0.29) is 0 Å². The van der Waals surface area contributed by atoms with Gasteiger partial charge in [0.05, 0.1) is 0 Å². The van der Waals surface area contributed by atoms with Crippen molar-refractivity contribution in [2.45, 2.75) is 50.6 Å². The molecule has 14 heavy (non-hydrogen) atoms. The molecule has 0 aromatic heterocycles. The average molecular weight is 194 g/mol. The Balaban J connectivity index is 1.57. The second kappa shape index (κ2) is 3.82. The van der Waals surface area contributed by atoms with Crippen LogP contribution in [0.15, 0.2) is 0 Å². The fraction of sp³-hybridized carbons (Fsp3) is 1.00. The highest BCUT2D eigenvalue weighted by Gasteiger charge is 2.36. The molecule has 2 aliphatic carbocycles. The van der Waals surface area contributed by atoms with E-state index < -0.39 is 0 Å². The molecule has 3 fully saturated rings. The predicted octanol–water partition coefficient (Wildman–Crippen LogP) is 1.61. The molecule has 2 saturated carbocycles. The van der Waals surface area contributed by atoms with Gasteiger partial charge >= 0.3 is 0 Å². The molecule has 2 nitrogen and oxygen atoms in total. The van der Waals surface area contributed by atoms with Gasteiger partial charge in [0.2, 0.25) is 0 Å². The van der Waals surface area contributed by atoms with Crippen molar-refractivity contribution in [2.75, 3.05) is 19.6 Å². The Morgan fingerprint density at radius 1 is 1.00 bits per heavy atom. The lowest BCUT2D eigenvalue weighted by Gasteiger charge is -2.37. The van der Waals surface area contributed by atoms with Crippen molar-refractivity contribution < 1.29 is 0 Å². The van der Waals surface area contributed by atoms with E-state index in [1.807, 2.05) is 0 Å². The van der Waals surface area contributed by atoms with Crippen molar-refractivity contribution in [3.8, 4) is 0 Å². The molecule has 80 valence electrons. The number of piperazine rings is 1. The van der Waals surface area contributed by atoms with Crippen molar-refractivity contribution in [1.82, 2.24) is 10.2 Å². The molecule has 0 radical (unpaired) electrons. The number of hydrogen-bond donors (Lipinski definition) is 1. The Labute approximate surface area is 87.0 Å². The Hall–Kier alpha value is -0.0800. The molecule has 1 unspecified atom stereocenters. The quantitative estimate of drug-likeness (QED) is 0.718. The van der Waals surface area contributed by atoms with Gasteiger partial charge in [-0.05, 0) is 31.6 Å². The summed E-state index contributed by atoms with van der Waals surface area (Å²) in [6.07, 6.45) is 8.85. The van der Waals surface area contributed by atoms with Crippen LogP contribution >= 0.6 is 0 Å². The van der Waals surface area contributed by atoms with Crippen molar-refractivity contribution in [1.29, 1.82) is 0 Å². The summed E-state index contributed by atoms with van der Waals surface area (Å²) in [7, 11) is 0. The van der Waals surface area contributed by atoms with Gasteiger partial charge in [-0.1, -0.05) is 12.8 Å². The zero-order valence-corrected chi connectivity index (χ0v) is 9.04. The molecular weight excluding hydrogens is 172 g/mol. The SMILES string of the molecule is C1CCC(N2CCNC(C3CC3)C2)C1. The highest BCUT2D eigenvalue weighted by Crippen LogP contribution is 2.35. The first-order chi connectivity index (χ1) is 6.93. The van der Waals surface area contributed by atoms with E-state index in [0.717, 1.165) is 18.0 Å². The monoisotopic (exact) mass is 194 g/mol. The standard InChI is InChI=1S/C12H22N2/c1-2-4-11(3-1)14-8-7-13-12(9-14)10-5-6-10/h10-13H,1-9H2. The minimum Gasteiger partial charge on any atom is -0.311 e. The first-order valence-electron chi connectivity index (χ1n) is 6.41. The summed E-state index contributed by atoms with van der Waals surface area (Å²) in [5.41, 5.74) is 0. The van der Waals surface area contributed by atoms with Gasteiger partial charge in [0.15, 0.2) is 0 Å². The molecule has 0 amide bonds. The average Bonchev–Trinajstić information content (AvgIpc) is 2.94. The van der Waals surface area contributed by atoms with Crippen molar-refractivity contribution >= 4 is 0 Å². The van der Waals surface area contributed by atoms with E-state index >= 15 is 0 Å². The zero-order chi connectivity index (χ0) is 9.38. The predicted molar refractivity (Wildman–Crippen MR) is 58.3 cm³/mol. The number of nitrogens with zero attached hydrogens (tertiary/aromatic N) is 1. The fourth-order valence-electron chi connectivity index (χ4n) is 3.22. The number of hydrogen-bond acceptors (Lipinski definition) is 2. The maximum Gasteiger partial charge on any atom is 0.0223 e. The largest absolute Gasteiger partial charge is 0.311 e. The third-order valence-corrected chi connectivity index (χ3v) is 4.27. The highest BCUT2D eigenvalue weighted by atomic mass is 15.2. The summed E-state index contributed by atoms with van der Waals surface area (Å²) in [6.45, 7) is 3.88. The molecule has 0 spiro atoms. The van der Waals surface area contributed by atoms with E-state index in [9.17, 15) is 0 Å². The fourth-order valence-corrected chi connectivity index (χ4v) is 3.22. The van der Waals surface area contributed by atoms with Crippen LogP contribution in [0.2, 0.25) is 0 Å². The van der Waals surface area contributed by atoms with Gasteiger partial charge in [-0.15, -0.1) is 0 Å². The van der Waals surface area contributed by atoms with Gasteiger partial charge in [0, 0.05) is 31.7 Å². The second-order valence-electron chi connectivity index (χ2n) is 5.33. The van der Waals surface area contributed by atoms with Crippen LogP contribution in [0.5, 0.6) is 0 Å². The molecule has 3 aliphatic rings. The Morgan fingerprint density at radius 2 is 1.79 bits per heavy atom. The third kappa shape index (κ3) is 1.82. The van der Waals surface area contributed by atoms with Crippen LogP contribution in [0.25, 0.3) is 0 Å². The molecule has 2 heteroatoms. The minimum atomic E-state index is 0.837. The zero-order valence-electron chi connectivity index (χ0n) is 9.04.